The Bertz CT molecular complexity index is 840. The highest BCUT2D eigenvalue weighted by Gasteiger charge is 2.15. The van der Waals surface area contributed by atoms with E-state index in [9.17, 15) is 0 Å². The fourth-order valence-corrected chi connectivity index (χ4v) is 2.83. The number of aryl methyl sites for hydroxylation is 1. The van der Waals surface area contributed by atoms with Crippen molar-refractivity contribution in [3.63, 3.8) is 0 Å². The zero-order chi connectivity index (χ0) is 14.2. The van der Waals surface area contributed by atoms with Crippen LogP contribution in [0.4, 0.5) is 11.4 Å². The average molecular weight is 272 g/mol. The SMILES string of the molecule is CCc1ccc(C2=Nc3cccc4cccc(c34)N2)cc1. The Morgan fingerprint density at radius 2 is 1.67 bits per heavy atom. The third kappa shape index (κ3) is 2.00. The molecule has 0 saturated heterocycles. The summed E-state index contributed by atoms with van der Waals surface area (Å²) in [5.74, 6) is 0.920. The summed E-state index contributed by atoms with van der Waals surface area (Å²) in [5, 5.41) is 5.89. The molecule has 0 spiro atoms. The summed E-state index contributed by atoms with van der Waals surface area (Å²) in [5.41, 5.74) is 4.64. The smallest absolute Gasteiger partial charge is 0.138 e. The molecule has 0 bridgehead atoms. The van der Waals surface area contributed by atoms with Crippen LogP contribution in [0.3, 0.4) is 0 Å². The molecule has 0 unspecified atom stereocenters. The highest BCUT2D eigenvalue weighted by Crippen LogP contribution is 2.36. The molecule has 0 aromatic heterocycles. The summed E-state index contributed by atoms with van der Waals surface area (Å²) >= 11 is 0. The molecule has 1 aliphatic heterocycles. The number of hydrogen-bond acceptors (Lipinski definition) is 2. The van der Waals surface area contributed by atoms with Crippen molar-refractivity contribution < 1.29 is 0 Å². The van der Waals surface area contributed by atoms with Crippen LogP contribution < -0.4 is 5.32 Å². The van der Waals surface area contributed by atoms with E-state index in [1.54, 1.807) is 0 Å². The Kier molecular flexibility index (Phi) is 2.74. The fourth-order valence-electron chi connectivity index (χ4n) is 2.83. The summed E-state index contributed by atoms with van der Waals surface area (Å²) in [6.45, 7) is 2.17. The minimum Gasteiger partial charge on any atom is -0.339 e. The van der Waals surface area contributed by atoms with E-state index in [0.717, 1.165) is 29.2 Å². The van der Waals surface area contributed by atoms with Gasteiger partial charge >= 0.3 is 0 Å². The molecule has 4 rings (SSSR count). The highest BCUT2D eigenvalue weighted by molar-refractivity contribution is 6.18. The van der Waals surface area contributed by atoms with Crippen molar-refractivity contribution in [3.05, 3.63) is 71.8 Å². The van der Waals surface area contributed by atoms with Crippen LogP contribution in [0.5, 0.6) is 0 Å². The first-order chi connectivity index (χ1) is 10.3. The number of aliphatic imine (C=N–C) groups is 1. The fraction of sp³-hybridized carbons (Fsp3) is 0.105. The van der Waals surface area contributed by atoms with E-state index < -0.39 is 0 Å². The topological polar surface area (TPSA) is 24.4 Å². The van der Waals surface area contributed by atoms with Crippen LogP contribution >= 0.6 is 0 Å². The van der Waals surface area contributed by atoms with E-state index in [-0.39, 0.29) is 0 Å². The van der Waals surface area contributed by atoms with Gasteiger partial charge in [-0.15, -0.1) is 0 Å². The number of anilines is 1. The first-order valence-electron chi connectivity index (χ1n) is 7.32. The third-order valence-electron chi connectivity index (χ3n) is 4.00. The van der Waals surface area contributed by atoms with Crippen LogP contribution in [-0.2, 0) is 6.42 Å². The van der Waals surface area contributed by atoms with Crippen LogP contribution in [-0.4, -0.2) is 5.84 Å². The lowest BCUT2D eigenvalue weighted by Gasteiger charge is -2.19. The number of nitrogens with zero attached hydrogens (tertiary/aromatic N) is 1. The molecule has 102 valence electrons. The minimum atomic E-state index is 0.920. The van der Waals surface area contributed by atoms with Gasteiger partial charge in [0, 0.05) is 16.6 Å². The zero-order valence-electron chi connectivity index (χ0n) is 11.9. The lowest BCUT2D eigenvalue weighted by atomic mass is 10.0. The Morgan fingerprint density at radius 1 is 0.905 bits per heavy atom. The highest BCUT2D eigenvalue weighted by atomic mass is 15.0. The maximum atomic E-state index is 4.79. The predicted molar refractivity (Wildman–Crippen MR) is 89.6 cm³/mol. The quantitative estimate of drug-likeness (QED) is 0.704. The van der Waals surface area contributed by atoms with Gasteiger partial charge in [0.15, 0.2) is 0 Å². The van der Waals surface area contributed by atoms with Gasteiger partial charge in [0.2, 0.25) is 0 Å². The van der Waals surface area contributed by atoms with Crippen LogP contribution in [0.15, 0.2) is 65.7 Å². The number of benzene rings is 3. The molecule has 21 heavy (non-hydrogen) atoms. The summed E-state index contributed by atoms with van der Waals surface area (Å²) in [7, 11) is 0. The average Bonchev–Trinajstić information content (AvgIpc) is 2.55. The zero-order valence-corrected chi connectivity index (χ0v) is 11.9. The predicted octanol–water partition coefficient (Wildman–Crippen LogP) is 4.91. The second kappa shape index (κ2) is 4.74. The Labute approximate surface area is 124 Å². The molecule has 0 fully saturated rings. The molecular formula is C19H16N2. The first kappa shape index (κ1) is 12.2. The van der Waals surface area contributed by atoms with Crippen molar-refractivity contribution in [2.45, 2.75) is 13.3 Å². The Hall–Kier alpha value is -2.61. The molecule has 2 heteroatoms. The molecule has 0 atom stereocenters. The van der Waals surface area contributed by atoms with Crippen LogP contribution in [0.2, 0.25) is 0 Å². The second-order valence-corrected chi connectivity index (χ2v) is 5.32. The van der Waals surface area contributed by atoms with E-state index in [4.69, 9.17) is 4.99 Å². The summed E-state index contributed by atoms with van der Waals surface area (Å²) < 4.78 is 0. The van der Waals surface area contributed by atoms with Gasteiger partial charge < -0.3 is 5.32 Å². The second-order valence-electron chi connectivity index (χ2n) is 5.32. The van der Waals surface area contributed by atoms with Gasteiger partial charge in [0.05, 0.1) is 5.69 Å². The molecule has 3 aromatic rings. The van der Waals surface area contributed by atoms with E-state index in [0.29, 0.717) is 0 Å². The molecule has 1 N–H and O–H groups in total. The van der Waals surface area contributed by atoms with Crippen LogP contribution in [0.1, 0.15) is 18.1 Å². The van der Waals surface area contributed by atoms with Crippen LogP contribution in [0, 0.1) is 0 Å². The maximum Gasteiger partial charge on any atom is 0.138 e. The van der Waals surface area contributed by atoms with Crippen molar-refractivity contribution in [1.82, 2.24) is 0 Å². The normalized spacial score (nSPS) is 12.9. The van der Waals surface area contributed by atoms with Crippen molar-refractivity contribution in [1.29, 1.82) is 0 Å². The van der Waals surface area contributed by atoms with E-state index in [1.807, 2.05) is 0 Å². The summed E-state index contributed by atoms with van der Waals surface area (Å²) in [6, 6.07) is 21.2. The molecule has 3 aromatic carbocycles. The van der Waals surface area contributed by atoms with Crippen molar-refractivity contribution in [2.75, 3.05) is 5.32 Å². The van der Waals surface area contributed by atoms with E-state index >= 15 is 0 Å². The molecule has 0 radical (unpaired) electrons. The number of nitrogens with one attached hydrogen (secondary N) is 1. The summed E-state index contributed by atoms with van der Waals surface area (Å²) in [6.07, 6.45) is 1.06. The number of hydrogen-bond donors (Lipinski definition) is 1. The molecular weight excluding hydrogens is 256 g/mol. The molecule has 0 aliphatic carbocycles. The monoisotopic (exact) mass is 272 g/mol. The van der Waals surface area contributed by atoms with E-state index in [2.05, 4.69) is 72.9 Å². The first-order valence-corrected chi connectivity index (χ1v) is 7.32. The van der Waals surface area contributed by atoms with Gasteiger partial charge in [-0.05, 0) is 29.5 Å². The van der Waals surface area contributed by atoms with Gasteiger partial charge in [0.1, 0.15) is 5.84 Å². The lowest BCUT2D eigenvalue weighted by molar-refractivity contribution is 1.14. The van der Waals surface area contributed by atoms with Gasteiger partial charge in [-0.25, -0.2) is 4.99 Å². The molecule has 1 aliphatic rings. The van der Waals surface area contributed by atoms with Gasteiger partial charge in [-0.2, -0.15) is 0 Å². The summed E-state index contributed by atoms with van der Waals surface area (Å²) in [4.78, 5) is 4.79. The third-order valence-corrected chi connectivity index (χ3v) is 4.00. The van der Waals surface area contributed by atoms with Crippen LogP contribution in [0.25, 0.3) is 10.8 Å². The van der Waals surface area contributed by atoms with Crippen molar-refractivity contribution >= 4 is 28.0 Å². The van der Waals surface area contributed by atoms with Gasteiger partial charge in [-0.3, -0.25) is 0 Å². The lowest BCUT2D eigenvalue weighted by Crippen LogP contribution is -2.16. The Morgan fingerprint density at radius 3 is 2.43 bits per heavy atom. The largest absolute Gasteiger partial charge is 0.339 e. The van der Waals surface area contributed by atoms with E-state index in [1.165, 1.54) is 16.3 Å². The molecule has 0 amide bonds. The number of amidine groups is 1. The number of rotatable bonds is 2. The Balaban J connectivity index is 1.85. The van der Waals surface area contributed by atoms with Gasteiger partial charge in [-0.1, -0.05) is 55.5 Å². The molecule has 1 heterocycles. The van der Waals surface area contributed by atoms with Crippen molar-refractivity contribution in [3.8, 4) is 0 Å². The molecule has 0 saturated carbocycles. The molecule has 2 nitrogen and oxygen atoms in total. The van der Waals surface area contributed by atoms with Crippen molar-refractivity contribution in [2.24, 2.45) is 4.99 Å². The maximum absolute atomic E-state index is 4.79. The minimum absolute atomic E-state index is 0.920. The standard InChI is InChI=1S/C19H16N2/c1-2-13-9-11-15(12-10-13)19-20-16-7-3-5-14-6-4-8-17(21-19)18(14)16/h3-12H,2H2,1H3,(H,20,21). The van der Waals surface area contributed by atoms with Gasteiger partial charge in [0.25, 0.3) is 0 Å².